The summed E-state index contributed by atoms with van der Waals surface area (Å²) in [5.74, 6) is 0. The van der Waals surface area contributed by atoms with Crippen LogP contribution in [0.1, 0.15) is 39.7 Å². The van der Waals surface area contributed by atoms with Gasteiger partial charge >= 0.3 is 0 Å². The fourth-order valence-electron chi connectivity index (χ4n) is 1.46. The van der Waals surface area contributed by atoms with Gasteiger partial charge in [-0.25, -0.2) is 0 Å². The maximum absolute atomic E-state index is 2.20. The average Bonchev–Trinajstić information content (AvgIpc) is 2.43. The molecule has 2 aromatic carbocycles. The molecule has 2 aromatic rings. The predicted octanol–water partition coefficient (Wildman–Crippen LogP) is 6.10. The van der Waals surface area contributed by atoms with Gasteiger partial charge in [-0.3, -0.25) is 0 Å². The van der Waals surface area contributed by atoms with Gasteiger partial charge in [-0.05, 0) is 18.1 Å². The molecule has 0 bridgehead atoms. The molecule has 0 fully saturated rings. The third kappa shape index (κ3) is 6.24. The topological polar surface area (TPSA) is 0 Å². The van der Waals surface area contributed by atoms with Crippen LogP contribution in [-0.4, -0.2) is 0 Å². The second-order valence-electron chi connectivity index (χ2n) is 3.94. The van der Waals surface area contributed by atoms with Crippen LogP contribution >= 0.6 is 0 Å². The normalized spacial score (nSPS) is 8.50. The molecule has 0 aliphatic heterocycles. The molecular formula is C18H26. The van der Waals surface area contributed by atoms with Crippen LogP contribution in [0.4, 0.5) is 0 Å². The van der Waals surface area contributed by atoms with Crippen LogP contribution < -0.4 is 0 Å². The van der Waals surface area contributed by atoms with Gasteiger partial charge in [0.25, 0.3) is 0 Å². The largest absolute Gasteiger partial charge is 0.0683 e. The summed E-state index contributed by atoms with van der Waals surface area (Å²) in [6, 6.07) is 19.0. The molecule has 0 radical (unpaired) electrons. The highest BCUT2D eigenvalue weighted by atomic mass is 14.0. The summed E-state index contributed by atoms with van der Waals surface area (Å²) in [5, 5.41) is 0. The van der Waals surface area contributed by atoms with Crippen molar-refractivity contribution in [1.29, 1.82) is 0 Å². The van der Waals surface area contributed by atoms with E-state index in [2.05, 4.69) is 69.3 Å². The lowest BCUT2D eigenvalue weighted by Gasteiger charge is -2.01. The highest BCUT2D eigenvalue weighted by Crippen LogP contribution is 2.19. The van der Waals surface area contributed by atoms with Crippen molar-refractivity contribution >= 4 is 0 Å². The molecule has 0 amide bonds. The van der Waals surface area contributed by atoms with Crippen LogP contribution in [0.3, 0.4) is 0 Å². The van der Waals surface area contributed by atoms with E-state index in [-0.39, 0.29) is 0 Å². The number of hydrogen-bond donors (Lipinski definition) is 0. The molecule has 0 spiro atoms. The van der Waals surface area contributed by atoms with Crippen molar-refractivity contribution in [3.05, 3.63) is 60.2 Å². The Morgan fingerprint density at radius 2 is 1.22 bits per heavy atom. The standard InChI is InChI=1S/C13H12.C3H8.C2H6/c1-11-6-5-9-13(10-11)12-7-3-2-4-8-12;1-3-2;1-2/h2-10H,1H3;3H2,1-2H3;1-2H3. The quantitative estimate of drug-likeness (QED) is 0.566. The van der Waals surface area contributed by atoms with Crippen molar-refractivity contribution in [3.8, 4) is 11.1 Å². The lowest BCUT2D eigenvalue weighted by Crippen LogP contribution is -1.77. The Bertz CT molecular complexity index is 401. The van der Waals surface area contributed by atoms with Gasteiger partial charge in [-0.15, -0.1) is 0 Å². The van der Waals surface area contributed by atoms with Crippen LogP contribution in [-0.2, 0) is 0 Å². The van der Waals surface area contributed by atoms with Crippen LogP contribution in [0, 0.1) is 6.92 Å². The van der Waals surface area contributed by atoms with E-state index in [4.69, 9.17) is 0 Å². The summed E-state index contributed by atoms with van der Waals surface area (Å²) >= 11 is 0. The van der Waals surface area contributed by atoms with Crippen LogP contribution in [0.2, 0.25) is 0 Å². The van der Waals surface area contributed by atoms with Crippen LogP contribution in [0.15, 0.2) is 54.6 Å². The monoisotopic (exact) mass is 242 g/mol. The molecule has 0 nitrogen and oxygen atoms in total. The van der Waals surface area contributed by atoms with Gasteiger partial charge in [-0.2, -0.15) is 0 Å². The zero-order valence-electron chi connectivity index (χ0n) is 12.4. The van der Waals surface area contributed by atoms with Crippen molar-refractivity contribution < 1.29 is 0 Å². The van der Waals surface area contributed by atoms with Crippen LogP contribution in [0.5, 0.6) is 0 Å². The molecule has 0 saturated heterocycles. The number of benzene rings is 2. The molecule has 0 saturated carbocycles. The molecule has 0 N–H and O–H groups in total. The minimum Gasteiger partial charge on any atom is -0.0683 e. The fraction of sp³-hybridized carbons (Fsp3) is 0.333. The maximum Gasteiger partial charge on any atom is -0.0181 e. The SMILES string of the molecule is CC.CCC.Cc1cccc(-c2ccccc2)c1. The van der Waals surface area contributed by atoms with Crippen molar-refractivity contribution in [2.75, 3.05) is 0 Å². The zero-order chi connectivity index (χ0) is 13.8. The summed E-state index contributed by atoms with van der Waals surface area (Å²) in [6.07, 6.45) is 1.25. The van der Waals surface area contributed by atoms with E-state index in [1.807, 2.05) is 19.9 Å². The number of hydrogen-bond acceptors (Lipinski definition) is 0. The Hall–Kier alpha value is -1.56. The van der Waals surface area contributed by atoms with Crippen molar-refractivity contribution in [2.24, 2.45) is 0 Å². The first kappa shape index (κ1) is 16.4. The van der Waals surface area contributed by atoms with Gasteiger partial charge in [0.15, 0.2) is 0 Å². The Balaban J connectivity index is 0.000000509. The van der Waals surface area contributed by atoms with E-state index in [1.54, 1.807) is 0 Å². The van der Waals surface area contributed by atoms with Crippen molar-refractivity contribution in [3.63, 3.8) is 0 Å². The van der Waals surface area contributed by atoms with E-state index in [0.29, 0.717) is 0 Å². The van der Waals surface area contributed by atoms with Gasteiger partial charge in [0.05, 0.1) is 0 Å². The smallest absolute Gasteiger partial charge is 0.0181 e. The third-order valence-electron chi connectivity index (χ3n) is 2.13. The lowest BCUT2D eigenvalue weighted by atomic mass is 10.0. The van der Waals surface area contributed by atoms with Gasteiger partial charge in [0.2, 0.25) is 0 Å². The summed E-state index contributed by atoms with van der Waals surface area (Å²) in [5.41, 5.74) is 3.88. The second-order valence-corrected chi connectivity index (χ2v) is 3.94. The van der Waals surface area contributed by atoms with E-state index < -0.39 is 0 Å². The number of aryl methyl sites for hydroxylation is 1. The minimum atomic E-state index is 1.25. The van der Waals surface area contributed by atoms with E-state index >= 15 is 0 Å². The van der Waals surface area contributed by atoms with Gasteiger partial charge in [0.1, 0.15) is 0 Å². The summed E-state index contributed by atoms with van der Waals surface area (Å²) in [7, 11) is 0. The molecule has 0 aliphatic carbocycles. The Morgan fingerprint density at radius 1 is 0.722 bits per heavy atom. The second kappa shape index (κ2) is 10.6. The molecule has 98 valence electrons. The van der Waals surface area contributed by atoms with Gasteiger partial charge in [0, 0.05) is 0 Å². The Kier molecular flexibility index (Phi) is 9.67. The third-order valence-corrected chi connectivity index (χ3v) is 2.13. The molecule has 0 aliphatic rings. The van der Waals surface area contributed by atoms with Gasteiger partial charge < -0.3 is 0 Å². The van der Waals surface area contributed by atoms with Crippen LogP contribution in [0.25, 0.3) is 11.1 Å². The molecular weight excluding hydrogens is 216 g/mol. The summed E-state index contributed by atoms with van der Waals surface area (Å²) < 4.78 is 0. The summed E-state index contributed by atoms with van der Waals surface area (Å²) in [6.45, 7) is 10.4. The Morgan fingerprint density at radius 3 is 1.72 bits per heavy atom. The molecule has 2 rings (SSSR count). The highest BCUT2D eigenvalue weighted by Gasteiger charge is 1.94. The van der Waals surface area contributed by atoms with Crippen molar-refractivity contribution in [2.45, 2.75) is 41.0 Å². The summed E-state index contributed by atoms with van der Waals surface area (Å²) in [4.78, 5) is 0. The van der Waals surface area contributed by atoms with E-state index in [0.717, 1.165) is 0 Å². The Labute approximate surface area is 113 Å². The first-order valence-corrected chi connectivity index (χ1v) is 6.90. The predicted molar refractivity (Wildman–Crippen MR) is 83.9 cm³/mol. The fourth-order valence-corrected chi connectivity index (χ4v) is 1.46. The average molecular weight is 242 g/mol. The molecule has 0 heterocycles. The maximum atomic E-state index is 2.20. The lowest BCUT2D eigenvalue weighted by molar-refractivity contribution is 1.09. The zero-order valence-corrected chi connectivity index (χ0v) is 12.4. The minimum absolute atomic E-state index is 1.25. The molecule has 0 unspecified atom stereocenters. The first-order chi connectivity index (χ1) is 8.77. The highest BCUT2D eigenvalue weighted by molar-refractivity contribution is 5.63. The first-order valence-electron chi connectivity index (χ1n) is 6.90. The molecule has 0 heteroatoms. The van der Waals surface area contributed by atoms with Crippen molar-refractivity contribution in [1.82, 2.24) is 0 Å². The molecule has 0 aromatic heterocycles. The van der Waals surface area contributed by atoms with E-state index in [9.17, 15) is 0 Å². The van der Waals surface area contributed by atoms with E-state index in [1.165, 1.54) is 23.1 Å². The van der Waals surface area contributed by atoms with Gasteiger partial charge in [-0.1, -0.05) is 94.3 Å². The molecule has 0 atom stereocenters. The molecule has 18 heavy (non-hydrogen) atoms. The number of rotatable bonds is 1.